The molecular formula is C10H23N3O. The fraction of sp³-hybridized carbons (Fsp3) is 1.00. The highest BCUT2D eigenvalue weighted by Crippen LogP contribution is 1.91. The first-order chi connectivity index (χ1) is 6.93. The summed E-state index contributed by atoms with van der Waals surface area (Å²) >= 11 is 0. The van der Waals surface area contributed by atoms with Gasteiger partial charge in [-0.15, -0.1) is 0 Å². The maximum atomic E-state index is 5.51. The van der Waals surface area contributed by atoms with Crippen molar-refractivity contribution in [3.05, 3.63) is 0 Å². The fourth-order valence-corrected chi connectivity index (χ4v) is 1.55. The molecule has 1 fully saturated rings. The van der Waals surface area contributed by atoms with E-state index in [9.17, 15) is 0 Å². The molecule has 2 N–H and O–H groups in total. The van der Waals surface area contributed by atoms with E-state index in [1.54, 1.807) is 0 Å². The van der Waals surface area contributed by atoms with Crippen LogP contribution in [0.4, 0.5) is 0 Å². The molecule has 1 rings (SSSR count). The van der Waals surface area contributed by atoms with Crippen LogP contribution in [0.3, 0.4) is 0 Å². The maximum Gasteiger partial charge on any atom is 0.0594 e. The van der Waals surface area contributed by atoms with E-state index in [1.165, 1.54) is 0 Å². The van der Waals surface area contributed by atoms with Crippen molar-refractivity contribution in [1.82, 2.24) is 15.5 Å². The van der Waals surface area contributed by atoms with Crippen LogP contribution in [0.25, 0.3) is 0 Å². The third kappa shape index (κ3) is 5.54. The minimum absolute atomic E-state index is 0.833. The second kappa shape index (κ2) is 8.17. The highest BCUT2D eigenvalue weighted by atomic mass is 16.5. The molecule has 0 atom stereocenters. The van der Waals surface area contributed by atoms with Crippen molar-refractivity contribution in [2.24, 2.45) is 0 Å². The Labute approximate surface area is 87.0 Å². The lowest BCUT2D eigenvalue weighted by atomic mass is 10.4. The summed E-state index contributed by atoms with van der Waals surface area (Å²) in [7, 11) is 0. The van der Waals surface area contributed by atoms with Gasteiger partial charge in [0, 0.05) is 39.3 Å². The van der Waals surface area contributed by atoms with E-state index in [0.717, 1.165) is 59.0 Å². The normalized spacial score (nSPS) is 18.6. The molecular weight excluding hydrogens is 178 g/mol. The number of nitrogens with zero attached hydrogens (tertiary/aromatic N) is 1. The zero-order valence-corrected chi connectivity index (χ0v) is 9.22. The summed E-state index contributed by atoms with van der Waals surface area (Å²) in [5.41, 5.74) is 0. The molecule has 0 amide bonds. The smallest absolute Gasteiger partial charge is 0.0594 e. The number of piperazine rings is 1. The first-order valence-electron chi connectivity index (χ1n) is 5.65. The van der Waals surface area contributed by atoms with Crippen LogP contribution in [-0.4, -0.2) is 63.9 Å². The van der Waals surface area contributed by atoms with E-state index in [1.807, 2.05) is 0 Å². The summed E-state index contributed by atoms with van der Waals surface area (Å²) in [5.74, 6) is 0. The van der Waals surface area contributed by atoms with Crippen molar-refractivity contribution in [3.8, 4) is 0 Å². The monoisotopic (exact) mass is 201 g/mol. The topological polar surface area (TPSA) is 36.5 Å². The van der Waals surface area contributed by atoms with Crippen molar-refractivity contribution in [3.63, 3.8) is 0 Å². The molecule has 0 aromatic carbocycles. The minimum atomic E-state index is 0.833. The third-order valence-corrected chi connectivity index (χ3v) is 2.43. The van der Waals surface area contributed by atoms with Gasteiger partial charge in [-0.2, -0.15) is 0 Å². The average molecular weight is 201 g/mol. The van der Waals surface area contributed by atoms with E-state index in [4.69, 9.17) is 4.74 Å². The van der Waals surface area contributed by atoms with Gasteiger partial charge in [-0.25, -0.2) is 0 Å². The summed E-state index contributed by atoms with van der Waals surface area (Å²) in [6.45, 7) is 11.5. The molecule has 0 aromatic rings. The molecule has 1 saturated heterocycles. The molecule has 4 nitrogen and oxygen atoms in total. The van der Waals surface area contributed by atoms with Gasteiger partial charge in [0.25, 0.3) is 0 Å². The molecule has 0 bridgehead atoms. The van der Waals surface area contributed by atoms with Gasteiger partial charge in [0.1, 0.15) is 0 Å². The lowest BCUT2D eigenvalue weighted by Gasteiger charge is -2.26. The third-order valence-electron chi connectivity index (χ3n) is 2.43. The van der Waals surface area contributed by atoms with Crippen molar-refractivity contribution in [2.45, 2.75) is 6.92 Å². The molecule has 84 valence electrons. The van der Waals surface area contributed by atoms with Crippen LogP contribution in [-0.2, 0) is 4.74 Å². The second-order valence-corrected chi connectivity index (χ2v) is 3.56. The number of hydrogen-bond donors (Lipinski definition) is 2. The quantitative estimate of drug-likeness (QED) is 0.545. The Morgan fingerprint density at radius 3 is 2.79 bits per heavy atom. The number of nitrogens with one attached hydrogen (secondary N) is 2. The summed E-state index contributed by atoms with van der Waals surface area (Å²) in [6.07, 6.45) is 0. The minimum Gasteiger partial charge on any atom is -0.379 e. The van der Waals surface area contributed by atoms with Gasteiger partial charge in [0.2, 0.25) is 0 Å². The van der Waals surface area contributed by atoms with Crippen LogP contribution >= 0.6 is 0 Å². The Bertz CT molecular complexity index is 127. The van der Waals surface area contributed by atoms with Crippen LogP contribution < -0.4 is 10.6 Å². The largest absolute Gasteiger partial charge is 0.379 e. The number of rotatable bonds is 7. The highest BCUT2D eigenvalue weighted by molar-refractivity contribution is 4.66. The van der Waals surface area contributed by atoms with Crippen molar-refractivity contribution in [2.75, 3.05) is 59.0 Å². The molecule has 4 heteroatoms. The van der Waals surface area contributed by atoms with Crippen LogP contribution in [0.2, 0.25) is 0 Å². The molecule has 1 aliphatic heterocycles. The van der Waals surface area contributed by atoms with Crippen LogP contribution in [0.5, 0.6) is 0 Å². The highest BCUT2D eigenvalue weighted by Gasteiger charge is 2.07. The van der Waals surface area contributed by atoms with E-state index >= 15 is 0 Å². The molecule has 0 aliphatic carbocycles. The van der Waals surface area contributed by atoms with Crippen LogP contribution in [0, 0.1) is 0 Å². The number of hydrogen-bond acceptors (Lipinski definition) is 4. The van der Waals surface area contributed by atoms with Gasteiger partial charge >= 0.3 is 0 Å². The summed E-state index contributed by atoms with van der Waals surface area (Å²) in [4.78, 5) is 2.45. The van der Waals surface area contributed by atoms with Crippen LogP contribution in [0.15, 0.2) is 0 Å². The maximum absolute atomic E-state index is 5.51. The van der Waals surface area contributed by atoms with Gasteiger partial charge in [0.15, 0.2) is 0 Å². The van der Waals surface area contributed by atoms with Gasteiger partial charge in [-0.3, -0.25) is 4.90 Å². The Hall–Kier alpha value is -0.160. The Morgan fingerprint density at radius 2 is 2.07 bits per heavy atom. The molecule has 0 saturated carbocycles. The van der Waals surface area contributed by atoms with Crippen molar-refractivity contribution >= 4 is 0 Å². The van der Waals surface area contributed by atoms with Crippen molar-refractivity contribution < 1.29 is 4.74 Å². The second-order valence-electron chi connectivity index (χ2n) is 3.56. The van der Waals surface area contributed by atoms with E-state index < -0.39 is 0 Å². The van der Waals surface area contributed by atoms with Crippen LogP contribution in [0.1, 0.15) is 6.92 Å². The lowest BCUT2D eigenvalue weighted by molar-refractivity contribution is 0.101. The first-order valence-corrected chi connectivity index (χ1v) is 5.65. The molecule has 14 heavy (non-hydrogen) atoms. The van der Waals surface area contributed by atoms with Gasteiger partial charge < -0.3 is 15.4 Å². The predicted molar refractivity (Wildman–Crippen MR) is 58.7 cm³/mol. The van der Waals surface area contributed by atoms with Crippen molar-refractivity contribution in [1.29, 1.82) is 0 Å². The van der Waals surface area contributed by atoms with Gasteiger partial charge in [-0.05, 0) is 6.54 Å². The Morgan fingerprint density at radius 1 is 1.29 bits per heavy atom. The first kappa shape index (κ1) is 11.9. The zero-order valence-electron chi connectivity index (χ0n) is 9.22. The fourth-order valence-electron chi connectivity index (χ4n) is 1.55. The standard InChI is InChI=1S/C10H23N3O/c1-2-11-5-9-14-10-8-13-6-3-12-4-7-13/h11-12H,2-10H2,1H3. The predicted octanol–water partition coefficient (Wildman–Crippen LogP) is -0.482. The van der Waals surface area contributed by atoms with E-state index in [0.29, 0.717) is 0 Å². The SMILES string of the molecule is CCNCCOCCN1CCNCC1. The van der Waals surface area contributed by atoms with Gasteiger partial charge in [0.05, 0.1) is 13.2 Å². The number of ether oxygens (including phenoxy) is 1. The molecule has 1 heterocycles. The Balaban J connectivity index is 1.82. The molecule has 0 aromatic heterocycles. The molecule has 0 radical (unpaired) electrons. The summed E-state index contributed by atoms with van der Waals surface area (Å²) in [6, 6.07) is 0. The molecule has 0 unspecified atom stereocenters. The number of likely N-dealkylation sites (N-methyl/N-ethyl adjacent to an activating group) is 1. The van der Waals surface area contributed by atoms with Gasteiger partial charge in [-0.1, -0.05) is 6.92 Å². The lowest BCUT2D eigenvalue weighted by Crippen LogP contribution is -2.44. The average Bonchev–Trinajstić information content (AvgIpc) is 2.25. The van der Waals surface area contributed by atoms with E-state index in [2.05, 4.69) is 22.5 Å². The summed E-state index contributed by atoms with van der Waals surface area (Å²) < 4.78 is 5.51. The Kier molecular flexibility index (Phi) is 6.95. The van der Waals surface area contributed by atoms with E-state index in [-0.39, 0.29) is 0 Å². The molecule has 0 spiro atoms. The molecule has 1 aliphatic rings. The summed E-state index contributed by atoms with van der Waals surface area (Å²) in [5, 5.41) is 6.58. The zero-order chi connectivity index (χ0) is 10.1.